The summed E-state index contributed by atoms with van der Waals surface area (Å²) < 4.78 is 0. The van der Waals surface area contributed by atoms with Crippen molar-refractivity contribution in [2.75, 3.05) is 0 Å². The zero-order valence-electron chi connectivity index (χ0n) is 10.9. The molecule has 0 aromatic heterocycles. The molecule has 3 rings (SSSR count). The van der Waals surface area contributed by atoms with Gasteiger partial charge in [-0.1, -0.05) is 66.7 Å². The van der Waals surface area contributed by atoms with Crippen LogP contribution in [0.15, 0.2) is 66.7 Å². The van der Waals surface area contributed by atoms with E-state index in [0.29, 0.717) is 0 Å². The highest BCUT2D eigenvalue weighted by atomic mass is 16.3. The maximum atomic E-state index is 9.94. The maximum Gasteiger partial charge on any atom is 0.0767 e. The third-order valence-electron chi connectivity index (χ3n) is 3.49. The van der Waals surface area contributed by atoms with Crippen LogP contribution in [0.3, 0.4) is 0 Å². The molecule has 0 aliphatic carbocycles. The minimum atomic E-state index is -0.463. The Morgan fingerprint density at radius 1 is 0.737 bits per heavy atom. The van der Waals surface area contributed by atoms with E-state index in [1.807, 2.05) is 31.2 Å². The summed E-state index contributed by atoms with van der Waals surface area (Å²) >= 11 is 0. The Bertz CT molecular complexity index is 708. The van der Waals surface area contributed by atoms with Crippen molar-refractivity contribution in [3.05, 3.63) is 72.3 Å². The molecule has 0 saturated carbocycles. The smallest absolute Gasteiger partial charge is 0.0767 e. The van der Waals surface area contributed by atoms with Crippen LogP contribution in [0.2, 0.25) is 0 Å². The van der Waals surface area contributed by atoms with Crippen LogP contribution in [-0.4, -0.2) is 5.11 Å². The molecular weight excluding hydrogens is 232 g/mol. The summed E-state index contributed by atoms with van der Waals surface area (Å²) in [6.45, 7) is 1.81. The van der Waals surface area contributed by atoms with Crippen LogP contribution in [0.5, 0.6) is 0 Å². The van der Waals surface area contributed by atoms with Crippen LogP contribution < -0.4 is 0 Å². The van der Waals surface area contributed by atoms with Gasteiger partial charge in [-0.15, -0.1) is 0 Å². The standard InChI is InChI=1S/C18H16O/c1-13(19)15-9-4-5-11-17(15)18-12-6-8-14-7-2-3-10-16(14)18/h2-13,19H,1H3/t13-/m0/s1. The summed E-state index contributed by atoms with van der Waals surface area (Å²) in [4.78, 5) is 0. The maximum absolute atomic E-state index is 9.94. The molecule has 0 saturated heterocycles. The molecule has 0 radical (unpaired) electrons. The monoisotopic (exact) mass is 248 g/mol. The first kappa shape index (κ1) is 11.9. The van der Waals surface area contributed by atoms with Crippen LogP contribution in [0.25, 0.3) is 21.9 Å². The second kappa shape index (κ2) is 4.87. The highest BCUT2D eigenvalue weighted by molar-refractivity contribution is 5.97. The van der Waals surface area contributed by atoms with E-state index in [2.05, 4.69) is 42.5 Å². The molecule has 0 bridgehead atoms. The minimum Gasteiger partial charge on any atom is -0.389 e. The van der Waals surface area contributed by atoms with E-state index >= 15 is 0 Å². The lowest BCUT2D eigenvalue weighted by atomic mass is 9.93. The Balaban J connectivity index is 2.31. The van der Waals surface area contributed by atoms with Gasteiger partial charge in [-0.2, -0.15) is 0 Å². The van der Waals surface area contributed by atoms with Crippen molar-refractivity contribution in [3.8, 4) is 11.1 Å². The highest BCUT2D eigenvalue weighted by Crippen LogP contribution is 2.33. The van der Waals surface area contributed by atoms with Gasteiger partial charge in [0.1, 0.15) is 0 Å². The van der Waals surface area contributed by atoms with Crippen molar-refractivity contribution in [2.45, 2.75) is 13.0 Å². The van der Waals surface area contributed by atoms with Gasteiger partial charge in [0.05, 0.1) is 6.10 Å². The van der Waals surface area contributed by atoms with E-state index in [1.54, 1.807) is 0 Å². The predicted octanol–water partition coefficient (Wildman–Crippen LogP) is 4.56. The molecule has 3 aromatic rings. The fourth-order valence-electron chi connectivity index (χ4n) is 2.57. The summed E-state index contributed by atoms with van der Waals surface area (Å²) in [6, 6.07) is 22.7. The molecule has 3 aromatic carbocycles. The third kappa shape index (κ3) is 2.13. The molecule has 1 atom stereocenters. The molecule has 0 aliphatic heterocycles. The van der Waals surface area contributed by atoms with Gasteiger partial charge in [0.15, 0.2) is 0 Å². The van der Waals surface area contributed by atoms with E-state index < -0.39 is 6.10 Å². The SMILES string of the molecule is C[C@H](O)c1ccccc1-c1cccc2ccccc12. The lowest BCUT2D eigenvalue weighted by Crippen LogP contribution is -1.95. The van der Waals surface area contributed by atoms with Gasteiger partial charge in [-0.3, -0.25) is 0 Å². The molecule has 0 aliphatic rings. The largest absolute Gasteiger partial charge is 0.389 e. The fraction of sp³-hybridized carbons (Fsp3) is 0.111. The lowest BCUT2D eigenvalue weighted by Gasteiger charge is -2.14. The molecule has 0 spiro atoms. The van der Waals surface area contributed by atoms with Crippen molar-refractivity contribution in [2.24, 2.45) is 0 Å². The quantitative estimate of drug-likeness (QED) is 0.705. The second-order valence-electron chi connectivity index (χ2n) is 4.79. The number of fused-ring (bicyclic) bond motifs is 1. The Kier molecular flexibility index (Phi) is 3.06. The molecule has 1 nitrogen and oxygen atoms in total. The number of benzene rings is 3. The molecule has 19 heavy (non-hydrogen) atoms. The number of aliphatic hydroxyl groups is 1. The second-order valence-corrected chi connectivity index (χ2v) is 4.79. The van der Waals surface area contributed by atoms with Gasteiger partial charge in [-0.05, 0) is 34.4 Å². The van der Waals surface area contributed by atoms with Crippen molar-refractivity contribution >= 4 is 10.8 Å². The number of rotatable bonds is 2. The Hall–Kier alpha value is -2.12. The van der Waals surface area contributed by atoms with Crippen LogP contribution in [0.4, 0.5) is 0 Å². The molecule has 1 heteroatoms. The van der Waals surface area contributed by atoms with Crippen LogP contribution >= 0.6 is 0 Å². The summed E-state index contributed by atoms with van der Waals surface area (Å²) in [7, 11) is 0. The molecule has 1 N–H and O–H groups in total. The van der Waals surface area contributed by atoms with Gasteiger partial charge in [0.25, 0.3) is 0 Å². The average Bonchev–Trinajstić information content (AvgIpc) is 2.46. The van der Waals surface area contributed by atoms with Crippen LogP contribution in [-0.2, 0) is 0 Å². The van der Waals surface area contributed by atoms with E-state index in [9.17, 15) is 5.11 Å². The first-order valence-corrected chi connectivity index (χ1v) is 6.52. The average molecular weight is 248 g/mol. The number of hydrogen-bond acceptors (Lipinski definition) is 1. The van der Waals surface area contributed by atoms with E-state index in [-0.39, 0.29) is 0 Å². The van der Waals surface area contributed by atoms with E-state index in [4.69, 9.17) is 0 Å². The normalized spacial score (nSPS) is 12.5. The third-order valence-corrected chi connectivity index (χ3v) is 3.49. The van der Waals surface area contributed by atoms with Crippen LogP contribution in [0, 0.1) is 0 Å². The Labute approximate surface area is 113 Å². The topological polar surface area (TPSA) is 20.2 Å². The van der Waals surface area contributed by atoms with Gasteiger partial charge in [-0.25, -0.2) is 0 Å². The van der Waals surface area contributed by atoms with E-state index in [0.717, 1.165) is 11.1 Å². The zero-order chi connectivity index (χ0) is 13.2. The molecular formula is C18H16O. The number of aliphatic hydroxyl groups excluding tert-OH is 1. The molecule has 0 amide bonds. The first-order valence-electron chi connectivity index (χ1n) is 6.52. The van der Waals surface area contributed by atoms with E-state index in [1.165, 1.54) is 16.3 Å². The van der Waals surface area contributed by atoms with Gasteiger partial charge < -0.3 is 5.11 Å². The molecule has 94 valence electrons. The first-order chi connectivity index (χ1) is 9.27. The van der Waals surface area contributed by atoms with Gasteiger partial charge >= 0.3 is 0 Å². The molecule has 0 unspecified atom stereocenters. The van der Waals surface area contributed by atoms with Gasteiger partial charge in [0, 0.05) is 0 Å². The van der Waals surface area contributed by atoms with Crippen molar-refractivity contribution in [1.82, 2.24) is 0 Å². The van der Waals surface area contributed by atoms with Crippen LogP contribution in [0.1, 0.15) is 18.6 Å². The van der Waals surface area contributed by atoms with Gasteiger partial charge in [0.2, 0.25) is 0 Å². The van der Waals surface area contributed by atoms with Crippen molar-refractivity contribution in [3.63, 3.8) is 0 Å². The highest BCUT2D eigenvalue weighted by Gasteiger charge is 2.10. The summed E-state index contributed by atoms with van der Waals surface area (Å²) in [5.74, 6) is 0. The zero-order valence-corrected chi connectivity index (χ0v) is 10.9. The molecule has 0 fully saturated rings. The Morgan fingerprint density at radius 3 is 2.21 bits per heavy atom. The van der Waals surface area contributed by atoms with Crippen molar-refractivity contribution in [1.29, 1.82) is 0 Å². The number of hydrogen-bond donors (Lipinski definition) is 1. The summed E-state index contributed by atoms with van der Waals surface area (Å²) in [6.07, 6.45) is -0.463. The summed E-state index contributed by atoms with van der Waals surface area (Å²) in [5, 5.41) is 12.4. The summed E-state index contributed by atoms with van der Waals surface area (Å²) in [5.41, 5.74) is 3.25. The van der Waals surface area contributed by atoms with Crippen molar-refractivity contribution < 1.29 is 5.11 Å². The molecule has 0 heterocycles. The lowest BCUT2D eigenvalue weighted by molar-refractivity contribution is 0.200. The fourth-order valence-corrected chi connectivity index (χ4v) is 2.57. The Morgan fingerprint density at radius 2 is 1.37 bits per heavy atom. The predicted molar refractivity (Wildman–Crippen MR) is 80.0 cm³/mol. The minimum absolute atomic E-state index is 0.463.